The summed E-state index contributed by atoms with van der Waals surface area (Å²) in [7, 11) is 0. The van der Waals surface area contributed by atoms with Crippen molar-refractivity contribution < 1.29 is 0 Å². The molecule has 0 radical (unpaired) electrons. The van der Waals surface area contributed by atoms with Crippen LogP contribution in [0, 0.1) is 3.57 Å². The van der Waals surface area contributed by atoms with Gasteiger partial charge in [0.05, 0.1) is 12.5 Å². The van der Waals surface area contributed by atoms with Gasteiger partial charge < -0.3 is 4.98 Å². The SMILES string of the molecule is Ic1cccc(C=NNc2ncnc3nc[nH]c23)c1. The van der Waals surface area contributed by atoms with Gasteiger partial charge in [0.25, 0.3) is 0 Å². The monoisotopic (exact) mass is 364 g/mol. The molecule has 1 aromatic carbocycles. The van der Waals surface area contributed by atoms with Gasteiger partial charge in [-0.3, -0.25) is 5.43 Å². The predicted octanol–water partition coefficient (Wildman–Crippen LogP) is 2.40. The molecule has 0 aliphatic heterocycles. The Morgan fingerprint density at radius 1 is 1.26 bits per heavy atom. The van der Waals surface area contributed by atoms with Crippen molar-refractivity contribution in [2.75, 3.05) is 5.43 Å². The van der Waals surface area contributed by atoms with Gasteiger partial charge in [-0.15, -0.1) is 0 Å². The summed E-state index contributed by atoms with van der Waals surface area (Å²) in [5.41, 5.74) is 5.26. The number of aromatic amines is 1. The maximum Gasteiger partial charge on any atom is 0.182 e. The fraction of sp³-hybridized carbons (Fsp3) is 0. The van der Waals surface area contributed by atoms with Crippen LogP contribution in [0.5, 0.6) is 0 Å². The number of halogens is 1. The molecule has 94 valence electrons. The molecule has 3 rings (SSSR count). The highest BCUT2D eigenvalue weighted by Crippen LogP contribution is 2.14. The summed E-state index contributed by atoms with van der Waals surface area (Å²) >= 11 is 2.26. The Morgan fingerprint density at radius 2 is 2.21 bits per heavy atom. The molecule has 7 heteroatoms. The van der Waals surface area contributed by atoms with Crippen molar-refractivity contribution in [1.82, 2.24) is 19.9 Å². The summed E-state index contributed by atoms with van der Waals surface area (Å²) in [6.07, 6.45) is 4.77. The molecule has 2 heterocycles. The molecule has 6 nitrogen and oxygen atoms in total. The van der Waals surface area contributed by atoms with E-state index in [2.05, 4.69) is 53.1 Å². The van der Waals surface area contributed by atoms with Crippen molar-refractivity contribution >= 4 is 45.8 Å². The van der Waals surface area contributed by atoms with E-state index in [1.807, 2.05) is 24.3 Å². The van der Waals surface area contributed by atoms with Crippen molar-refractivity contribution in [2.24, 2.45) is 5.10 Å². The van der Waals surface area contributed by atoms with Gasteiger partial charge in [0.1, 0.15) is 11.8 Å². The van der Waals surface area contributed by atoms with Crippen LogP contribution in [-0.2, 0) is 0 Å². The minimum absolute atomic E-state index is 0.601. The topological polar surface area (TPSA) is 78.8 Å². The zero-order chi connectivity index (χ0) is 13.1. The normalized spacial score (nSPS) is 11.2. The van der Waals surface area contributed by atoms with Crippen LogP contribution in [0.1, 0.15) is 5.56 Å². The van der Waals surface area contributed by atoms with Crippen LogP contribution in [0.25, 0.3) is 11.2 Å². The lowest BCUT2D eigenvalue weighted by Crippen LogP contribution is -1.95. The summed E-state index contributed by atoms with van der Waals surface area (Å²) < 4.78 is 1.17. The minimum atomic E-state index is 0.601. The molecule has 0 saturated carbocycles. The van der Waals surface area contributed by atoms with Gasteiger partial charge in [-0.2, -0.15) is 5.10 Å². The Labute approximate surface area is 122 Å². The Hall–Kier alpha value is -2.03. The van der Waals surface area contributed by atoms with E-state index in [1.165, 1.54) is 9.90 Å². The molecule has 3 aromatic rings. The maximum atomic E-state index is 4.17. The summed E-state index contributed by atoms with van der Waals surface area (Å²) in [5.74, 6) is 0.601. The Morgan fingerprint density at radius 3 is 3.11 bits per heavy atom. The van der Waals surface area contributed by atoms with E-state index >= 15 is 0 Å². The summed E-state index contributed by atoms with van der Waals surface area (Å²) in [5, 5.41) is 4.17. The number of H-pyrrole nitrogens is 1. The molecular weight excluding hydrogens is 355 g/mol. The lowest BCUT2D eigenvalue weighted by atomic mass is 10.2. The first-order valence-electron chi connectivity index (χ1n) is 5.51. The third-order valence-electron chi connectivity index (χ3n) is 2.46. The van der Waals surface area contributed by atoms with Gasteiger partial charge in [-0.25, -0.2) is 15.0 Å². The molecule has 0 bridgehead atoms. The van der Waals surface area contributed by atoms with Gasteiger partial charge >= 0.3 is 0 Å². The lowest BCUT2D eigenvalue weighted by Gasteiger charge is -1.99. The number of rotatable bonds is 3. The molecule has 0 amide bonds. The molecule has 0 unspecified atom stereocenters. The van der Waals surface area contributed by atoms with Crippen LogP contribution >= 0.6 is 22.6 Å². The van der Waals surface area contributed by atoms with Crippen molar-refractivity contribution in [3.63, 3.8) is 0 Å². The average Bonchev–Trinajstić information content (AvgIpc) is 2.88. The van der Waals surface area contributed by atoms with Gasteiger partial charge in [-0.1, -0.05) is 12.1 Å². The summed E-state index contributed by atoms with van der Waals surface area (Å²) in [6.45, 7) is 0. The van der Waals surface area contributed by atoms with E-state index < -0.39 is 0 Å². The number of nitrogens with zero attached hydrogens (tertiary/aromatic N) is 4. The molecular formula is C12H9IN6. The number of hydrazone groups is 1. The first-order valence-corrected chi connectivity index (χ1v) is 6.59. The van der Waals surface area contributed by atoms with E-state index in [0.29, 0.717) is 11.5 Å². The van der Waals surface area contributed by atoms with Crippen LogP contribution in [0.4, 0.5) is 5.82 Å². The second-order valence-corrected chi connectivity index (χ2v) is 4.99. The van der Waals surface area contributed by atoms with Crippen molar-refractivity contribution in [3.8, 4) is 0 Å². The zero-order valence-electron chi connectivity index (χ0n) is 9.71. The molecule has 2 N–H and O–H groups in total. The molecule has 2 aromatic heterocycles. The van der Waals surface area contributed by atoms with E-state index in [9.17, 15) is 0 Å². The van der Waals surface area contributed by atoms with Crippen molar-refractivity contribution in [1.29, 1.82) is 0 Å². The van der Waals surface area contributed by atoms with E-state index in [1.54, 1.807) is 12.5 Å². The molecule has 0 saturated heterocycles. The first-order chi connectivity index (χ1) is 9.33. The van der Waals surface area contributed by atoms with Crippen molar-refractivity contribution in [2.45, 2.75) is 0 Å². The fourth-order valence-corrected chi connectivity index (χ4v) is 2.17. The summed E-state index contributed by atoms with van der Waals surface area (Å²) in [4.78, 5) is 15.2. The smallest absolute Gasteiger partial charge is 0.182 e. The predicted molar refractivity (Wildman–Crippen MR) is 82.1 cm³/mol. The second-order valence-electron chi connectivity index (χ2n) is 3.75. The van der Waals surface area contributed by atoms with Crippen LogP contribution < -0.4 is 5.43 Å². The van der Waals surface area contributed by atoms with E-state index in [4.69, 9.17) is 0 Å². The quantitative estimate of drug-likeness (QED) is 0.425. The number of fused-ring (bicyclic) bond motifs is 1. The van der Waals surface area contributed by atoms with Gasteiger partial charge in [0, 0.05) is 3.57 Å². The van der Waals surface area contributed by atoms with E-state index in [0.717, 1.165) is 11.1 Å². The Balaban J connectivity index is 1.81. The number of benzene rings is 1. The van der Waals surface area contributed by atoms with Crippen molar-refractivity contribution in [3.05, 3.63) is 46.1 Å². The molecule has 19 heavy (non-hydrogen) atoms. The highest BCUT2D eigenvalue weighted by atomic mass is 127. The van der Waals surface area contributed by atoms with Gasteiger partial charge in [0.15, 0.2) is 11.5 Å². The number of hydrogen-bond donors (Lipinski definition) is 2. The largest absolute Gasteiger partial charge is 0.340 e. The number of hydrogen-bond acceptors (Lipinski definition) is 5. The first kappa shape index (κ1) is 12.0. The molecule has 0 spiro atoms. The standard InChI is InChI=1S/C12H9IN6/c13-9-3-1-2-8(4-9)5-18-19-12-10-11(15-6-14-10)16-7-17-12/h1-7H,(H2,14,15,16,17,19). The zero-order valence-corrected chi connectivity index (χ0v) is 11.9. The molecule has 0 aliphatic rings. The number of aromatic nitrogens is 4. The highest BCUT2D eigenvalue weighted by Gasteiger charge is 2.03. The van der Waals surface area contributed by atoms with E-state index in [-0.39, 0.29) is 0 Å². The number of nitrogens with one attached hydrogen (secondary N) is 2. The van der Waals surface area contributed by atoms with Crippen LogP contribution in [0.2, 0.25) is 0 Å². The lowest BCUT2D eigenvalue weighted by molar-refractivity contribution is 1.17. The molecule has 0 fully saturated rings. The Bertz CT molecular complexity index is 736. The number of imidazole rings is 1. The van der Waals surface area contributed by atoms with Crippen LogP contribution in [0.3, 0.4) is 0 Å². The maximum absolute atomic E-state index is 4.17. The minimum Gasteiger partial charge on any atom is -0.340 e. The molecule has 0 atom stereocenters. The molecule has 0 aliphatic carbocycles. The fourth-order valence-electron chi connectivity index (χ4n) is 1.60. The highest BCUT2D eigenvalue weighted by molar-refractivity contribution is 14.1. The second kappa shape index (κ2) is 5.31. The third-order valence-corrected chi connectivity index (χ3v) is 3.13. The average molecular weight is 364 g/mol. The van der Waals surface area contributed by atoms with Gasteiger partial charge in [0.2, 0.25) is 0 Å². The number of anilines is 1. The Kier molecular flexibility index (Phi) is 3.36. The summed E-state index contributed by atoms with van der Waals surface area (Å²) in [6, 6.07) is 8.04. The third kappa shape index (κ3) is 2.70. The van der Waals surface area contributed by atoms with Gasteiger partial charge in [-0.05, 0) is 40.3 Å². The van der Waals surface area contributed by atoms with Crippen LogP contribution in [0.15, 0.2) is 42.0 Å². The van der Waals surface area contributed by atoms with Crippen LogP contribution in [-0.4, -0.2) is 26.2 Å².